The Morgan fingerprint density at radius 2 is 1.79 bits per heavy atom. The third-order valence-corrected chi connectivity index (χ3v) is 5.50. The molecule has 150 valence electrons. The van der Waals surface area contributed by atoms with Crippen molar-refractivity contribution in [2.75, 3.05) is 6.61 Å². The van der Waals surface area contributed by atoms with E-state index in [4.69, 9.17) is 4.74 Å². The van der Waals surface area contributed by atoms with Crippen LogP contribution in [0.25, 0.3) is 0 Å². The molecule has 1 N–H and O–H groups in total. The third kappa shape index (κ3) is 3.75. The van der Waals surface area contributed by atoms with Crippen LogP contribution in [0.1, 0.15) is 63.3 Å². The number of nitrogens with one attached hydrogen (secondary N) is 1. The lowest BCUT2D eigenvalue weighted by atomic mass is 10.1. The summed E-state index contributed by atoms with van der Waals surface area (Å²) in [6.07, 6.45) is 2.28. The minimum Gasteiger partial charge on any atom is -0.493 e. The Morgan fingerprint density at radius 1 is 1.14 bits per heavy atom. The highest BCUT2D eigenvalue weighted by atomic mass is 16.5. The van der Waals surface area contributed by atoms with Crippen LogP contribution in [0.2, 0.25) is 0 Å². The average Bonchev–Trinajstić information content (AvgIpc) is 3.54. The lowest BCUT2D eigenvalue weighted by Crippen LogP contribution is -2.34. The quantitative estimate of drug-likeness (QED) is 0.733. The number of fused-ring (bicyclic) bond motifs is 1. The molecule has 29 heavy (non-hydrogen) atoms. The SMILES string of the molecule is CCOc1ccc(CN2C(=O)c3ccccc3C2=O)cc1C(=O)NC(C)C1CC1. The number of carbonyl (C=O) groups is 3. The number of rotatable bonds is 7. The molecule has 1 fully saturated rings. The summed E-state index contributed by atoms with van der Waals surface area (Å²) in [5, 5.41) is 3.04. The highest BCUT2D eigenvalue weighted by molar-refractivity contribution is 6.21. The Balaban J connectivity index is 1.57. The van der Waals surface area contributed by atoms with Gasteiger partial charge >= 0.3 is 0 Å². The topological polar surface area (TPSA) is 75.7 Å². The van der Waals surface area contributed by atoms with Crippen molar-refractivity contribution in [2.45, 2.75) is 39.3 Å². The predicted octanol–water partition coefficient (Wildman–Crippen LogP) is 3.41. The molecular weight excluding hydrogens is 368 g/mol. The number of carbonyl (C=O) groups excluding carboxylic acids is 3. The fraction of sp³-hybridized carbons (Fsp3) is 0.348. The second-order valence-corrected chi connectivity index (χ2v) is 7.61. The molecule has 2 aromatic rings. The summed E-state index contributed by atoms with van der Waals surface area (Å²) in [6.45, 7) is 4.42. The number of ether oxygens (including phenoxy) is 1. The average molecular weight is 392 g/mol. The van der Waals surface area contributed by atoms with Crippen LogP contribution in [0.15, 0.2) is 42.5 Å². The van der Waals surface area contributed by atoms with Crippen LogP contribution in [0.5, 0.6) is 5.75 Å². The van der Waals surface area contributed by atoms with Crippen LogP contribution >= 0.6 is 0 Å². The number of hydrogen-bond donors (Lipinski definition) is 1. The van der Waals surface area contributed by atoms with Gasteiger partial charge in [-0.3, -0.25) is 19.3 Å². The minimum absolute atomic E-state index is 0.108. The van der Waals surface area contributed by atoms with E-state index in [0.29, 0.717) is 40.5 Å². The van der Waals surface area contributed by atoms with Gasteiger partial charge in [-0.25, -0.2) is 0 Å². The maximum absolute atomic E-state index is 12.8. The molecule has 4 rings (SSSR count). The molecule has 1 aliphatic carbocycles. The van der Waals surface area contributed by atoms with Gasteiger partial charge in [0, 0.05) is 6.04 Å². The molecule has 0 saturated heterocycles. The number of amides is 3. The Hall–Kier alpha value is -3.15. The monoisotopic (exact) mass is 392 g/mol. The van der Waals surface area contributed by atoms with Crippen molar-refractivity contribution in [3.05, 3.63) is 64.7 Å². The van der Waals surface area contributed by atoms with E-state index in [2.05, 4.69) is 5.32 Å². The molecule has 0 aromatic heterocycles. The Bertz CT molecular complexity index is 946. The first kappa shape index (κ1) is 19.2. The Labute approximate surface area is 169 Å². The van der Waals surface area contributed by atoms with Gasteiger partial charge in [-0.2, -0.15) is 0 Å². The van der Waals surface area contributed by atoms with E-state index in [1.165, 1.54) is 4.90 Å². The first-order chi connectivity index (χ1) is 14.0. The van der Waals surface area contributed by atoms with Crippen molar-refractivity contribution in [3.63, 3.8) is 0 Å². The molecule has 1 unspecified atom stereocenters. The van der Waals surface area contributed by atoms with Crippen LogP contribution in [0.3, 0.4) is 0 Å². The van der Waals surface area contributed by atoms with Crippen LogP contribution in [-0.4, -0.2) is 35.3 Å². The van der Waals surface area contributed by atoms with Crippen molar-refractivity contribution >= 4 is 17.7 Å². The third-order valence-electron chi connectivity index (χ3n) is 5.50. The molecule has 0 bridgehead atoms. The van der Waals surface area contributed by atoms with Crippen molar-refractivity contribution in [1.29, 1.82) is 0 Å². The molecular formula is C23H24N2O4. The zero-order valence-corrected chi connectivity index (χ0v) is 16.6. The zero-order valence-electron chi connectivity index (χ0n) is 16.6. The van der Waals surface area contributed by atoms with Gasteiger partial charge in [0.15, 0.2) is 0 Å². The normalized spacial score (nSPS) is 16.6. The smallest absolute Gasteiger partial charge is 0.261 e. The fourth-order valence-electron chi connectivity index (χ4n) is 3.70. The molecule has 1 atom stereocenters. The van der Waals surface area contributed by atoms with Crippen molar-refractivity contribution in [3.8, 4) is 5.75 Å². The van der Waals surface area contributed by atoms with Gasteiger partial charge in [0.25, 0.3) is 17.7 Å². The number of imide groups is 1. The number of hydrogen-bond acceptors (Lipinski definition) is 4. The molecule has 2 aromatic carbocycles. The summed E-state index contributed by atoms with van der Waals surface area (Å²) in [5.74, 6) is 0.216. The van der Waals surface area contributed by atoms with E-state index in [0.717, 1.165) is 12.8 Å². The lowest BCUT2D eigenvalue weighted by molar-refractivity contribution is 0.0642. The van der Waals surface area contributed by atoms with E-state index in [1.54, 1.807) is 42.5 Å². The molecule has 0 spiro atoms. The number of nitrogens with zero attached hydrogens (tertiary/aromatic N) is 1. The van der Waals surface area contributed by atoms with E-state index >= 15 is 0 Å². The van der Waals surface area contributed by atoms with E-state index < -0.39 is 0 Å². The second kappa shape index (κ2) is 7.70. The van der Waals surface area contributed by atoms with Crippen LogP contribution < -0.4 is 10.1 Å². The molecule has 1 aliphatic heterocycles. The number of benzene rings is 2. The van der Waals surface area contributed by atoms with Crippen molar-refractivity contribution < 1.29 is 19.1 Å². The van der Waals surface area contributed by atoms with Crippen molar-refractivity contribution in [1.82, 2.24) is 10.2 Å². The highest BCUT2D eigenvalue weighted by Gasteiger charge is 2.35. The van der Waals surface area contributed by atoms with Gasteiger partial charge in [-0.05, 0) is 62.4 Å². The maximum Gasteiger partial charge on any atom is 0.261 e. The first-order valence-electron chi connectivity index (χ1n) is 10.0. The Morgan fingerprint density at radius 3 is 2.38 bits per heavy atom. The molecule has 2 aliphatic rings. The molecule has 1 saturated carbocycles. The minimum atomic E-state index is -0.312. The molecule has 6 nitrogen and oxygen atoms in total. The van der Waals surface area contributed by atoms with Crippen LogP contribution in [0, 0.1) is 5.92 Å². The van der Waals surface area contributed by atoms with Gasteiger partial charge < -0.3 is 10.1 Å². The lowest BCUT2D eigenvalue weighted by Gasteiger charge is -2.18. The fourth-order valence-corrected chi connectivity index (χ4v) is 3.70. The summed E-state index contributed by atoms with van der Waals surface area (Å²) < 4.78 is 5.63. The van der Waals surface area contributed by atoms with E-state index in [-0.39, 0.29) is 30.3 Å². The van der Waals surface area contributed by atoms with Gasteiger partial charge in [0.1, 0.15) is 5.75 Å². The second-order valence-electron chi connectivity index (χ2n) is 7.61. The standard InChI is InChI=1S/C23H24N2O4/c1-3-29-20-11-8-15(12-19(20)21(26)24-14(2)16-9-10-16)13-25-22(27)17-6-4-5-7-18(17)23(25)28/h4-8,11-12,14,16H,3,9-10,13H2,1-2H3,(H,24,26). The summed E-state index contributed by atoms with van der Waals surface area (Å²) >= 11 is 0. The van der Waals surface area contributed by atoms with Gasteiger partial charge in [-0.1, -0.05) is 18.2 Å². The van der Waals surface area contributed by atoms with Gasteiger partial charge in [0.05, 0.1) is 29.8 Å². The zero-order chi connectivity index (χ0) is 20.5. The molecule has 3 amide bonds. The first-order valence-corrected chi connectivity index (χ1v) is 10.0. The van der Waals surface area contributed by atoms with E-state index in [9.17, 15) is 14.4 Å². The Kier molecular flexibility index (Phi) is 5.09. The van der Waals surface area contributed by atoms with E-state index in [1.807, 2.05) is 13.8 Å². The van der Waals surface area contributed by atoms with Crippen molar-refractivity contribution in [2.24, 2.45) is 5.92 Å². The maximum atomic E-state index is 12.8. The summed E-state index contributed by atoms with van der Waals surface area (Å²) in [7, 11) is 0. The van der Waals surface area contributed by atoms with Crippen LogP contribution in [-0.2, 0) is 6.54 Å². The van der Waals surface area contributed by atoms with Gasteiger partial charge in [0.2, 0.25) is 0 Å². The summed E-state index contributed by atoms with van der Waals surface area (Å²) in [5.41, 5.74) is 1.96. The summed E-state index contributed by atoms with van der Waals surface area (Å²) in [6, 6.07) is 12.1. The van der Waals surface area contributed by atoms with Crippen LogP contribution in [0.4, 0.5) is 0 Å². The van der Waals surface area contributed by atoms with Gasteiger partial charge in [-0.15, -0.1) is 0 Å². The molecule has 0 radical (unpaired) electrons. The summed E-state index contributed by atoms with van der Waals surface area (Å²) in [4.78, 5) is 39.3. The molecule has 1 heterocycles. The highest BCUT2D eigenvalue weighted by Crippen LogP contribution is 2.33. The molecule has 6 heteroatoms. The predicted molar refractivity (Wildman–Crippen MR) is 108 cm³/mol. The largest absolute Gasteiger partial charge is 0.493 e.